The highest BCUT2D eigenvalue weighted by atomic mass is 16.5. The molecule has 0 spiro atoms. The molecule has 1 aromatic heterocycles. The highest BCUT2D eigenvalue weighted by molar-refractivity contribution is 6.05. The Hall–Kier alpha value is -2.93. The molecule has 2 aromatic rings. The van der Waals surface area contributed by atoms with Crippen molar-refractivity contribution in [3.8, 4) is 5.75 Å². The van der Waals surface area contributed by atoms with Crippen LogP contribution in [0.5, 0.6) is 5.75 Å². The van der Waals surface area contributed by atoms with Crippen molar-refractivity contribution in [2.24, 2.45) is 0 Å². The Morgan fingerprint density at radius 3 is 2.70 bits per heavy atom. The van der Waals surface area contributed by atoms with Gasteiger partial charge in [0.25, 0.3) is 0 Å². The molecule has 0 unspecified atom stereocenters. The monoisotopic (exact) mass is 450 g/mol. The number of ether oxygens (including phenoxy) is 1. The second kappa shape index (κ2) is 9.14. The minimum absolute atomic E-state index is 0.0478. The molecular weight excluding hydrogens is 416 g/mol. The van der Waals surface area contributed by atoms with Gasteiger partial charge in [0.15, 0.2) is 5.78 Å². The van der Waals surface area contributed by atoms with Gasteiger partial charge in [0, 0.05) is 48.0 Å². The quantitative estimate of drug-likeness (QED) is 0.393. The third kappa shape index (κ3) is 4.88. The largest absolute Gasteiger partial charge is 0.494 e. The van der Waals surface area contributed by atoms with Gasteiger partial charge in [-0.05, 0) is 42.9 Å². The number of aromatic nitrogens is 1. The molecular formula is C26H34N4O3. The van der Waals surface area contributed by atoms with E-state index in [1.54, 1.807) is 12.0 Å². The number of aliphatic hydroxyl groups is 1. The summed E-state index contributed by atoms with van der Waals surface area (Å²) in [5.41, 5.74) is 4.83. The first-order chi connectivity index (χ1) is 15.7. The zero-order chi connectivity index (χ0) is 23.8. The van der Waals surface area contributed by atoms with E-state index in [1.807, 2.05) is 12.1 Å². The topological polar surface area (TPSA) is 98.5 Å². The number of carbonyl (C=O) groups excluding carboxylic acids is 1. The molecule has 1 saturated carbocycles. The maximum atomic E-state index is 13.4. The van der Waals surface area contributed by atoms with E-state index >= 15 is 0 Å². The van der Waals surface area contributed by atoms with Gasteiger partial charge in [-0.3, -0.25) is 10.2 Å². The Bertz CT molecular complexity index is 1070. The SMILES string of the molecule is COc1c(NCCCO)cc(C(=O)CN2Cc3ccc(C4CC4)nc3C2=N)cc1C(C)(C)C. The maximum Gasteiger partial charge on any atom is 0.182 e. The van der Waals surface area contributed by atoms with E-state index in [1.165, 1.54) is 12.8 Å². The van der Waals surface area contributed by atoms with Gasteiger partial charge in [0.1, 0.15) is 17.3 Å². The number of rotatable bonds is 9. The third-order valence-electron chi connectivity index (χ3n) is 6.31. The number of ketones is 1. The number of Topliss-reactive ketones (excluding diaryl/α,β-unsaturated/α-hetero) is 1. The van der Waals surface area contributed by atoms with Crippen LogP contribution in [0.1, 0.15) is 78.8 Å². The fourth-order valence-corrected chi connectivity index (χ4v) is 4.28. The number of nitrogens with one attached hydrogen (secondary N) is 2. The second-order valence-electron chi connectivity index (χ2n) is 10.0. The molecule has 1 aliphatic carbocycles. The fraction of sp³-hybridized carbons (Fsp3) is 0.500. The van der Waals surface area contributed by atoms with Gasteiger partial charge in [0.2, 0.25) is 0 Å². The summed E-state index contributed by atoms with van der Waals surface area (Å²) in [6.07, 6.45) is 2.94. The molecule has 0 radical (unpaired) electrons. The molecule has 0 bridgehead atoms. The predicted molar refractivity (Wildman–Crippen MR) is 130 cm³/mol. The van der Waals surface area contributed by atoms with E-state index < -0.39 is 0 Å². The summed E-state index contributed by atoms with van der Waals surface area (Å²) in [5, 5.41) is 21.1. The number of benzene rings is 1. The van der Waals surface area contributed by atoms with Crippen molar-refractivity contribution in [1.82, 2.24) is 9.88 Å². The van der Waals surface area contributed by atoms with Gasteiger partial charge in [-0.1, -0.05) is 26.8 Å². The Morgan fingerprint density at radius 1 is 1.30 bits per heavy atom. The summed E-state index contributed by atoms with van der Waals surface area (Å²) >= 11 is 0. The van der Waals surface area contributed by atoms with Crippen molar-refractivity contribution in [3.05, 3.63) is 52.3 Å². The normalized spacial score (nSPS) is 15.5. The van der Waals surface area contributed by atoms with Crippen molar-refractivity contribution in [2.45, 2.75) is 57.9 Å². The molecule has 2 heterocycles. The summed E-state index contributed by atoms with van der Waals surface area (Å²) in [4.78, 5) is 19.9. The maximum absolute atomic E-state index is 13.4. The highest BCUT2D eigenvalue weighted by Crippen LogP contribution is 2.40. The van der Waals surface area contributed by atoms with Gasteiger partial charge in [-0.25, -0.2) is 4.98 Å². The molecule has 176 valence electrons. The highest BCUT2D eigenvalue weighted by Gasteiger charge is 2.32. The molecule has 0 atom stereocenters. The molecule has 1 aliphatic heterocycles. The van der Waals surface area contributed by atoms with Crippen LogP contribution in [0.15, 0.2) is 24.3 Å². The van der Waals surface area contributed by atoms with E-state index in [2.05, 4.69) is 38.2 Å². The average molecular weight is 451 g/mol. The van der Waals surface area contributed by atoms with Gasteiger partial charge in [0.05, 0.1) is 19.3 Å². The number of pyridine rings is 1. The Morgan fingerprint density at radius 2 is 2.06 bits per heavy atom. The standard InChI is InChI=1S/C26H34N4O3/c1-26(2,3)19-12-18(13-21(24(19)33-4)28-10-5-11-31)22(32)15-30-14-17-8-9-20(16-6-7-16)29-23(17)25(30)27/h8-9,12-13,16,27-28,31H,5-7,10-11,14-15H2,1-4H3. The molecule has 0 amide bonds. The van der Waals surface area contributed by atoms with E-state index in [0.717, 1.165) is 28.3 Å². The second-order valence-corrected chi connectivity index (χ2v) is 10.0. The van der Waals surface area contributed by atoms with Crippen LogP contribution in [0.2, 0.25) is 0 Å². The minimum Gasteiger partial charge on any atom is -0.494 e. The first-order valence-electron chi connectivity index (χ1n) is 11.7. The summed E-state index contributed by atoms with van der Waals surface area (Å²) < 4.78 is 5.71. The van der Waals surface area contributed by atoms with Gasteiger partial charge >= 0.3 is 0 Å². The summed E-state index contributed by atoms with van der Waals surface area (Å²) in [6, 6.07) is 7.86. The lowest BCUT2D eigenvalue weighted by molar-refractivity contribution is 0.0962. The van der Waals surface area contributed by atoms with Crippen LogP contribution in [-0.2, 0) is 12.0 Å². The van der Waals surface area contributed by atoms with E-state index in [0.29, 0.717) is 42.5 Å². The number of hydrogen-bond donors (Lipinski definition) is 3. The summed E-state index contributed by atoms with van der Waals surface area (Å²) in [7, 11) is 1.63. The lowest BCUT2D eigenvalue weighted by Crippen LogP contribution is -2.30. The summed E-state index contributed by atoms with van der Waals surface area (Å²) in [5.74, 6) is 1.53. The average Bonchev–Trinajstić information content (AvgIpc) is 3.58. The molecule has 2 aliphatic rings. The number of anilines is 1. The lowest BCUT2D eigenvalue weighted by atomic mass is 9.84. The Labute approximate surface area is 195 Å². The van der Waals surface area contributed by atoms with Crippen LogP contribution in [0.4, 0.5) is 5.69 Å². The number of amidine groups is 1. The Kier molecular flexibility index (Phi) is 6.43. The van der Waals surface area contributed by atoms with Gasteiger partial charge in [-0.2, -0.15) is 0 Å². The number of fused-ring (bicyclic) bond motifs is 1. The molecule has 0 saturated heterocycles. The molecule has 1 fully saturated rings. The zero-order valence-electron chi connectivity index (χ0n) is 20.0. The number of nitrogens with zero attached hydrogens (tertiary/aromatic N) is 2. The van der Waals surface area contributed by atoms with Crippen molar-refractivity contribution in [1.29, 1.82) is 5.41 Å². The van der Waals surface area contributed by atoms with Gasteiger partial charge in [-0.15, -0.1) is 0 Å². The zero-order valence-corrected chi connectivity index (χ0v) is 20.0. The third-order valence-corrected chi connectivity index (χ3v) is 6.31. The van der Waals surface area contributed by atoms with E-state index in [-0.39, 0.29) is 24.3 Å². The molecule has 7 heteroatoms. The van der Waals surface area contributed by atoms with Crippen molar-refractivity contribution < 1.29 is 14.6 Å². The minimum atomic E-state index is -0.227. The molecule has 7 nitrogen and oxygen atoms in total. The van der Waals surface area contributed by atoms with Crippen molar-refractivity contribution >= 4 is 17.3 Å². The van der Waals surface area contributed by atoms with Gasteiger partial charge < -0.3 is 20.1 Å². The van der Waals surface area contributed by atoms with Crippen LogP contribution < -0.4 is 10.1 Å². The lowest BCUT2D eigenvalue weighted by Gasteiger charge is -2.26. The van der Waals surface area contributed by atoms with Crippen LogP contribution in [0.25, 0.3) is 0 Å². The smallest absolute Gasteiger partial charge is 0.182 e. The molecule has 3 N–H and O–H groups in total. The first kappa shape index (κ1) is 23.2. The van der Waals surface area contributed by atoms with E-state index in [4.69, 9.17) is 20.2 Å². The van der Waals surface area contributed by atoms with E-state index in [9.17, 15) is 4.79 Å². The van der Waals surface area contributed by atoms with Crippen LogP contribution in [0, 0.1) is 5.41 Å². The molecule has 4 rings (SSSR count). The van der Waals surface area contributed by atoms with Crippen LogP contribution in [0.3, 0.4) is 0 Å². The first-order valence-corrected chi connectivity index (χ1v) is 11.7. The number of hydrogen-bond acceptors (Lipinski definition) is 6. The fourth-order valence-electron chi connectivity index (χ4n) is 4.28. The Balaban J connectivity index is 1.58. The van der Waals surface area contributed by atoms with Crippen molar-refractivity contribution in [3.63, 3.8) is 0 Å². The molecule has 33 heavy (non-hydrogen) atoms. The van der Waals surface area contributed by atoms with Crippen LogP contribution >= 0.6 is 0 Å². The number of methoxy groups -OCH3 is 1. The summed E-state index contributed by atoms with van der Waals surface area (Å²) in [6.45, 7) is 7.59. The van der Waals surface area contributed by atoms with Crippen molar-refractivity contribution in [2.75, 3.05) is 32.1 Å². The predicted octanol–water partition coefficient (Wildman–Crippen LogP) is 4.08. The van der Waals surface area contributed by atoms with Crippen LogP contribution in [-0.4, -0.2) is 53.4 Å². The molecule has 1 aromatic carbocycles. The number of aliphatic hydroxyl groups excluding tert-OH is 1. The number of carbonyl (C=O) groups is 1.